The lowest BCUT2D eigenvalue weighted by Gasteiger charge is -2.35. The van der Waals surface area contributed by atoms with Gasteiger partial charge >= 0.3 is 13.2 Å². The lowest BCUT2D eigenvalue weighted by Crippen LogP contribution is -2.22. The van der Waals surface area contributed by atoms with Crippen molar-refractivity contribution in [3.05, 3.63) is 83.0 Å². The first-order chi connectivity index (χ1) is 30.8. The van der Waals surface area contributed by atoms with E-state index in [9.17, 15) is 17.6 Å². The summed E-state index contributed by atoms with van der Waals surface area (Å²) in [5.41, 5.74) is 6.01. The van der Waals surface area contributed by atoms with Crippen LogP contribution in [0.4, 0.5) is 17.6 Å². The highest BCUT2D eigenvalue weighted by Crippen LogP contribution is 2.45. The van der Waals surface area contributed by atoms with Crippen LogP contribution in [0.3, 0.4) is 0 Å². The zero-order valence-electron chi connectivity index (χ0n) is 39.6. The van der Waals surface area contributed by atoms with Crippen molar-refractivity contribution in [2.24, 2.45) is 23.7 Å². The van der Waals surface area contributed by atoms with E-state index in [1.54, 1.807) is 35.4 Å². The fraction of sp³-hybridized carbons (Fsp3) is 0.719. The van der Waals surface area contributed by atoms with Gasteiger partial charge in [-0.25, -0.2) is 0 Å². The summed E-state index contributed by atoms with van der Waals surface area (Å²) in [7, 11) is 0. The van der Waals surface area contributed by atoms with Gasteiger partial charge in [0.05, 0.1) is 0 Å². The molecule has 2 nitrogen and oxygen atoms in total. The maximum Gasteiger partial charge on any atom is 0.387 e. The molecule has 0 N–H and O–H groups in total. The van der Waals surface area contributed by atoms with Gasteiger partial charge in [0.25, 0.3) is 0 Å². The standard InChI is InChI=1S/C29H44F2O.C28H42F2O/c1-2-3-4-5-6-7-8-9-10-23-11-13-24(14-12-23)25-15-17-26(18-16-25)27-19-21-28(22-20-27)32-29(30)31;1-2-3-4-5-6-7-8-9-22-10-12-23(13-11-22)24-14-16-25(17-15-24)26-18-20-27(21-19-26)31-28(29)30/h11,19-22,24-26,29H,2-10,12-18H2,1H3;10,18-21,23-25,28H,2-9,11-17H2,1H3. The number of allylic oxidation sites excluding steroid dienone is 4. The molecule has 6 rings (SSSR count). The molecule has 0 aromatic heterocycles. The van der Waals surface area contributed by atoms with E-state index in [0.717, 1.165) is 23.7 Å². The van der Waals surface area contributed by atoms with Crippen molar-refractivity contribution in [2.45, 2.75) is 238 Å². The summed E-state index contributed by atoms with van der Waals surface area (Å²) in [6, 6.07) is 14.6. The summed E-state index contributed by atoms with van der Waals surface area (Å²) < 4.78 is 58.3. The Morgan fingerprint density at radius 3 is 1.05 bits per heavy atom. The molecule has 0 radical (unpaired) electrons. The van der Waals surface area contributed by atoms with E-state index < -0.39 is 13.2 Å². The van der Waals surface area contributed by atoms with Crippen molar-refractivity contribution in [3.8, 4) is 11.5 Å². The summed E-state index contributed by atoms with van der Waals surface area (Å²) in [5, 5.41) is 0. The number of hydrogen-bond acceptors (Lipinski definition) is 2. The van der Waals surface area contributed by atoms with E-state index in [-0.39, 0.29) is 11.5 Å². The zero-order chi connectivity index (χ0) is 44.5. The topological polar surface area (TPSA) is 18.5 Å². The van der Waals surface area contributed by atoms with Gasteiger partial charge in [0.2, 0.25) is 0 Å². The molecule has 2 atom stereocenters. The second kappa shape index (κ2) is 29.7. The van der Waals surface area contributed by atoms with Crippen LogP contribution < -0.4 is 9.47 Å². The van der Waals surface area contributed by atoms with Crippen molar-refractivity contribution in [1.82, 2.24) is 0 Å². The van der Waals surface area contributed by atoms with Gasteiger partial charge in [-0.15, -0.1) is 0 Å². The Morgan fingerprint density at radius 1 is 0.413 bits per heavy atom. The van der Waals surface area contributed by atoms with Gasteiger partial charge in [-0.3, -0.25) is 0 Å². The highest BCUT2D eigenvalue weighted by molar-refractivity contribution is 5.31. The van der Waals surface area contributed by atoms with Gasteiger partial charge in [-0.1, -0.05) is 145 Å². The molecule has 0 heterocycles. The Hall–Kier alpha value is -2.76. The molecule has 6 heteroatoms. The minimum absolute atomic E-state index is 0.258. The van der Waals surface area contributed by atoms with Crippen LogP contribution in [0.15, 0.2) is 71.8 Å². The molecule has 354 valence electrons. The molecule has 4 aliphatic carbocycles. The molecule has 0 amide bonds. The van der Waals surface area contributed by atoms with Gasteiger partial charge in [0.1, 0.15) is 11.5 Å². The third kappa shape index (κ3) is 19.3. The van der Waals surface area contributed by atoms with Crippen LogP contribution in [0, 0.1) is 23.7 Å². The highest BCUT2D eigenvalue weighted by Gasteiger charge is 2.31. The number of rotatable bonds is 25. The predicted octanol–water partition coefficient (Wildman–Crippen LogP) is 19.2. The molecule has 2 aromatic rings. The molecule has 4 aliphatic rings. The Labute approximate surface area is 381 Å². The van der Waals surface area contributed by atoms with Crippen molar-refractivity contribution in [2.75, 3.05) is 0 Å². The number of alkyl halides is 4. The maximum atomic E-state index is 12.3. The molecule has 0 bridgehead atoms. The van der Waals surface area contributed by atoms with Crippen LogP contribution in [0.25, 0.3) is 0 Å². The smallest absolute Gasteiger partial charge is 0.387 e. The van der Waals surface area contributed by atoms with Crippen LogP contribution in [0.5, 0.6) is 11.5 Å². The van der Waals surface area contributed by atoms with E-state index in [1.165, 1.54) is 210 Å². The summed E-state index contributed by atoms with van der Waals surface area (Å²) in [6.07, 6.45) is 47.0. The highest BCUT2D eigenvalue weighted by atomic mass is 19.3. The van der Waals surface area contributed by atoms with Gasteiger partial charge in [-0.05, 0) is 186 Å². The fourth-order valence-corrected chi connectivity index (χ4v) is 11.6. The summed E-state index contributed by atoms with van der Waals surface area (Å²) in [5.74, 6) is 5.15. The van der Waals surface area contributed by atoms with Crippen molar-refractivity contribution < 1.29 is 27.0 Å². The van der Waals surface area contributed by atoms with E-state index in [2.05, 4.69) is 35.5 Å². The second-order valence-corrected chi connectivity index (χ2v) is 20.0. The number of unbranched alkanes of at least 4 members (excludes halogenated alkanes) is 13. The predicted molar refractivity (Wildman–Crippen MR) is 256 cm³/mol. The molecule has 0 aliphatic heterocycles. The molecule has 0 spiro atoms. The van der Waals surface area contributed by atoms with E-state index in [1.807, 2.05) is 24.3 Å². The largest absolute Gasteiger partial charge is 0.435 e. The van der Waals surface area contributed by atoms with Crippen molar-refractivity contribution in [1.29, 1.82) is 0 Å². The number of hydrogen-bond donors (Lipinski definition) is 0. The van der Waals surface area contributed by atoms with Crippen molar-refractivity contribution in [3.63, 3.8) is 0 Å². The van der Waals surface area contributed by atoms with Crippen LogP contribution in [0.2, 0.25) is 0 Å². The van der Waals surface area contributed by atoms with Gasteiger partial charge in [-0.2, -0.15) is 17.6 Å². The molecular weight excluding hydrogens is 793 g/mol. The number of ether oxygens (including phenoxy) is 2. The van der Waals surface area contributed by atoms with E-state index in [4.69, 9.17) is 0 Å². The average Bonchev–Trinajstić information content (AvgIpc) is 3.30. The summed E-state index contributed by atoms with van der Waals surface area (Å²) >= 11 is 0. The number of benzene rings is 2. The SMILES string of the molecule is CCCCCCCCCC1=CCC(C2CCC(c3ccc(OC(F)F)cc3)CC2)CC1.CCCCCCCCCCC1=CCC(C2CCC(c3ccc(OC(F)F)cc3)CC2)CC1. The Kier molecular flexibility index (Phi) is 24.2. The summed E-state index contributed by atoms with van der Waals surface area (Å²) in [6.45, 7) is -0.932. The van der Waals surface area contributed by atoms with Gasteiger partial charge < -0.3 is 9.47 Å². The quantitative estimate of drug-likeness (QED) is 0.0562. The molecule has 2 aromatic carbocycles. The van der Waals surface area contributed by atoms with Crippen LogP contribution in [-0.2, 0) is 0 Å². The van der Waals surface area contributed by atoms with Crippen LogP contribution in [0.1, 0.15) is 236 Å². The van der Waals surface area contributed by atoms with Gasteiger partial charge in [0, 0.05) is 0 Å². The van der Waals surface area contributed by atoms with Crippen LogP contribution in [-0.4, -0.2) is 13.2 Å². The maximum absolute atomic E-state index is 12.3. The normalized spacial score (nSPS) is 24.1. The fourth-order valence-electron chi connectivity index (χ4n) is 11.6. The molecular formula is C57H86F4O2. The second-order valence-electron chi connectivity index (χ2n) is 20.0. The molecule has 2 unspecified atom stereocenters. The molecule has 0 saturated heterocycles. The molecule has 63 heavy (non-hydrogen) atoms. The summed E-state index contributed by atoms with van der Waals surface area (Å²) in [4.78, 5) is 0. The Morgan fingerprint density at radius 2 is 0.746 bits per heavy atom. The first-order valence-electron chi connectivity index (χ1n) is 26.3. The first-order valence-corrected chi connectivity index (χ1v) is 26.3. The first kappa shape index (κ1) is 51.2. The lowest BCUT2D eigenvalue weighted by molar-refractivity contribution is -0.0505. The molecule has 2 fully saturated rings. The minimum Gasteiger partial charge on any atom is -0.435 e. The Balaban J connectivity index is 0.000000238. The monoisotopic (exact) mass is 879 g/mol. The lowest BCUT2D eigenvalue weighted by atomic mass is 9.70. The minimum atomic E-state index is -2.75. The third-order valence-electron chi connectivity index (χ3n) is 15.6. The average molecular weight is 879 g/mol. The van der Waals surface area contributed by atoms with Crippen molar-refractivity contribution >= 4 is 0 Å². The zero-order valence-corrected chi connectivity index (χ0v) is 39.6. The number of halogens is 4. The Bertz CT molecular complexity index is 1530. The third-order valence-corrected chi connectivity index (χ3v) is 15.6. The molecule has 2 saturated carbocycles. The van der Waals surface area contributed by atoms with Crippen LogP contribution >= 0.6 is 0 Å². The van der Waals surface area contributed by atoms with Gasteiger partial charge in [0.15, 0.2) is 0 Å². The van der Waals surface area contributed by atoms with E-state index in [0.29, 0.717) is 11.8 Å². The van der Waals surface area contributed by atoms with E-state index >= 15 is 0 Å².